The smallest absolute Gasteiger partial charge is 0.128 e. The molecule has 2 rings (SSSR count). The van der Waals surface area contributed by atoms with Crippen molar-refractivity contribution in [3.05, 3.63) is 23.9 Å². The maximum Gasteiger partial charge on any atom is 0.128 e. The molecule has 1 aromatic heterocycles. The van der Waals surface area contributed by atoms with Gasteiger partial charge in [-0.25, -0.2) is 4.98 Å². The van der Waals surface area contributed by atoms with E-state index in [1.807, 2.05) is 0 Å². The summed E-state index contributed by atoms with van der Waals surface area (Å²) in [5.74, 6) is 2.38. The van der Waals surface area contributed by atoms with E-state index in [0.29, 0.717) is 0 Å². The summed E-state index contributed by atoms with van der Waals surface area (Å²) in [7, 11) is 0. The number of pyridine rings is 1. The molecule has 1 saturated heterocycles. The molecule has 0 N–H and O–H groups in total. The third kappa shape index (κ3) is 2.65. The molecule has 0 bridgehead atoms. The number of aryl methyl sites for hydroxylation is 1. The Bertz CT molecular complexity index is 327. The van der Waals surface area contributed by atoms with E-state index in [-0.39, 0.29) is 0 Å². The summed E-state index contributed by atoms with van der Waals surface area (Å²) in [5.41, 5.74) is 1.11. The van der Waals surface area contributed by atoms with Gasteiger partial charge in [0.05, 0.1) is 0 Å². The summed E-state index contributed by atoms with van der Waals surface area (Å²) in [5, 5.41) is 0.779. The third-order valence-electron chi connectivity index (χ3n) is 2.79. The zero-order valence-electron chi connectivity index (χ0n) is 9.44. The van der Waals surface area contributed by atoms with E-state index in [0.717, 1.165) is 29.9 Å². The molecule has 1 unspecified atom stereocenters. The minimum atomic E-state index is 0.779. The molecule has 0 aromatic carbocycles. The molecule has 0 spiro atoms. The zero-order valence-corrected chi connectivity index (χ0v) is 10.3. The van der Waals surface area contributed by atoms with E-state index >= 15 is 0 Å². The van der Waals surface area contributed by atoms with Gasteiger partial charge >= 0.3 is 0 Å². The minimum absolute atomic E-state index is 0.779. The van der Waals surface area contributed by atoms with Gasteiger partial charge in [-0.2, -0.15) is 11.8 Å². The molecule has 0 radical (unpaired) electrons. The fourth-order valence-electron chi connectivity index (χ4n) is 1.88. The number of rotatable bonds is 2. The highest BCUT2D eigenvalue weighted by atomic mass is 32.2. The Morgan fingerprint density at radius 2 is 2.40 bits per heavy atom. The SMILES string of the molecule is CCC1CN(c2cccc(C)n2)CCS1. The summed E-state index contributed by atoms with van der Waals surface area (Å²) in [6.07, 6.45) is 1.26. The van der Waals surface area contributed by atoms with Gasteiger partial charge in [-0.1, -0.05) is 13.0 Å². The molecule has 0 amide bonds. The average molecular weight is 222 g/mol. The first-order valence-corrected chi connectivity index (χ1v) is 6.64. The van der Waals surface area contributed by atoms with Gasteiger partial charge in [0.15, 0.2) is 0 Å². The molecule has 0 aliphatic carbocycles. The Morgan fingerprint density at radius 1 is 1.53 bits per heavy atom. The van der Waals surface area contributed by atoms with Crippen LogP contribution in [0.5, 0.6) is 0 Å². The van der Waals surface area contributed by atoms with Crippen LogP contribution >= 0.6 is 11.8 Å². The van der Waals surface area contributed by atoms with Gasteiger partial charge in [0.25, 0.3) is 0 Å². The van der Waals surface area contributed by atoms with Crippen LogP contribution in [0, 0.1) is 6.92 Å². The van der Waals surface area contributed by atoms with Crippen molar-refractivity contribution in [1.29, 1.82) is 0 Å². The lowest BCUT2D eigenvalue weighted by atomic mass is 10.3. The van der Waals surface area contributed by atoms with Crippen LogP contribution in [0.4, 0.5) is 5.82 Å². The van der Waals surface area contributed by atoms with E-state index in [9.17, 15) is 0 Å². The molecular weight excluding hydrogens is 204 g/mol. The molecule has 1 aliphatic rings. The molecule has 1 aliphatic heterocycles. The van der Waals surface area contributed by atoms with Crippen molar-refractivity contribution < 1.29 is 0 Å². The van der Waals surface area contributed by atoms with Crippen molar-refractivity contribution in [3.63, 3.8) is 0 Å². The van der Waals surface area contributed by atoms with E-state index in [2.05, 4.69) is 53.7 Å². The molecule has 15 heavy (non-hydrogen) atoms. The predicted octanol–water partition coefficient (Wildman–Crippen LogP) is 2.72. The summed E-state index contributed by atoms with van der Waals surface area (Å²) in [6.45, 7) is 6.61. The second-order valence-electron chi connectivity index (χ2n) is 3.98. The van der Waals surface area contributed by atoms with Crippen molar-refractivity contribution >= 4 is 17.6 Å². The predicted molar refractivity (Wildman–Crippen MR) is 67.7 cm³/mol. The second kappa shape index (κ2) is 4.88. The van der Waals surface area contributed by atoms with E-state index in [1.54, 1.807) is 0 Å². The Balaban J connectivity index is 2.09. The van der Waals surface area contributed by atoms with Crippen molar-refractivity contribution in [2.45, 2.75) is 25.5 Å². The molecule has 3 heteroatoms. The topological polar surface area (TPSA) is 16.1 Å². The second-order valence-corrected chi connectivity index (χ2v) is 5.39. The number of nitrogens with zero attached hydrogens (tertiary/aromatic N) is 2. The molecule has 82 valence electrons. The fourth-order valence-corrected chi connectivity index (χ4v) is 3.06. The van der Waals surface area contributed by atoms with Crippen LogP contribution in [0.25, 0.3) is 0 Å². The maximum atomic E-state index is 4.58. The molecule has 2 nitrogen and oxygen atoms in total. The first kappa shape index (κ1) is 10.8. The highest BCUT2D eigenvalue weighted by Crippen LogP contribution is 2.24. The molecule has 2 heterocycles. The maximum absolute atomic E-state index is 4.58. The average Bonchev–Trinajstić information content (AvgIpc) is 2.29. The molecular formula is C12H18N2S. The van der Waals surface area contributed by atoms with Gasteiger partial charge < -0.3 is 4.90 Å². The summed E-state index contributed by atoms with van der Waals surface area (Å²) in [4.78, 5) is 7.00. The largest absolute Gasteiger partial charge is 0.355 e. The van der Waals surface area contributed by atoms with E-state index in [4.69, 9.17) is 0 Å². The van der Waals surface area contributed by atoms with Gasteiger partial charge in [-0.15, -0.1) is 0 Å². The lowest BCUT2D eigenvalue weighted by Gasteiger charge is -2.32. The lowest BCUT2D eigenvalue weighted by molar-refractivity contribution is 0.719. The standard InChI is InChI=1S/C12H18N2S/c1-3-11-9-14(7-8-15-11)12-6-4-5-10(2)13-12/h4-6,11H,3,7-9H2,1-2H3. The van der Waals surface area contributed by atoms with Gasteiger partial charge in [0, 0.05) is 29.8 Å². The molecule has 1 aromatic rings. The van der Waals surface area contributed by atoms with Crippen LogP contribution < -0.4 is 4.90 Å². The first-order valence-electron chi connectivity index (χ1n) is 5.60. The molecule has 1 atom stereocenters. The van der Waals surface area contributed by atoms with E-state index < -0.39 is 0 Å². The van der Waals surface area contributed by atoms with Crippen molar-refractivity contribution in [2.75, 3.05) is 23.7 Å². The third-order valence-corrected chi connectivity index (χ3v) is 4.16. The van der Waals surface area contributed by atoms with Crippen LogP contribution in [-0.4, -0.2) is 29.1 Å². The van der Waals surface area contributed by atoms with Crippen molar-refractivity contribution in [3.8, 4) is 0 Å². The quantitative estimate of drug-likeness (QED) is 0.765. The Labute approximate surface area is 96.1 Å². The van der Waals surface area contributed by atoms with Gasteiger partial charge in [0.2, 0.25) is 0 Å². The molecule has 0 saturated carbocycles. The minimum Gasteiger partial charge on any atom is -0.355 e. The highest BCUT2D eigenvalue weighted by molar-refractivity contribution is 8.00. The Kier molecular flexibility index (Phi) is 3.52. The summed E-state index contributed by atoms with van der Waals surface area (Å²) in [6, 6.07) is 6.27. The van der Waals surface area contributed by atoms with Gasteiger partial charge in [-0.3, -0.25) is 0 Å². The highest BCUT2D eigenvalue weighted by Gasteiger charge is 2.19. The van der Waals surface area contributed by atoms with E-state index in [1.165, 1.54) is 12.2 Å². The number of anilines is 1. The number of hydrogen-bond donors (Lipinski definition) is 0. The van der Waals surface area contributed by atoms with Gasteiger partial charge in [0.1, 0.15) is 5.82 Å². The lowest BCUT2D eigenvalue weighted by Crippen LogP contribution is -2.38. The normalized spacial score (nSPS) is 21.7. The Morgan fingerprint density at radius 3 is 3.13 bits per heavy atom. The van der Waals surface area contributed by atoms with Crippen LogP contribution in [-0.2, 0) is 0 Å². The number of thioether (sulfide) groups is 1. The summed E-state index contributed by atoms with van der Waals surface area (Å²) >= 11 is 2.10. The van der Waals surface area contributed by atoms with Crippen LogP contribution in [0.15, 0.2) is 18.2 Å². The molecule has 1 fully saturated rings. The fraction of sp³-hybridized carbons (Fsp3) is 0.583. The van der Waals surface area contributed by atoms with Crippen molar-refractivity contribution in [1.82, 2.24) is 4.98 Å². The van der Waals surface area contributed by atoms with Gasteiger partial charge in [-0.05, 0) is 25.5 Å². The number of hydrogen-bond acceptors (Lipinski definition) is 3. The monoisotopic (exact) mass is 222 g/mol. The number of aromatic nitrogens is 1. The first-order chi connectivity index (χ1) is 7.29. The zero-order chi connectivity index (χ0) is 10.7. The summed E-state index contributed by atoms with van der Waals surface area (Å²) < 4.78 is 0. The Hall–Kier alpha value is -0.700. The van der Waals surface area contributed by atoms with Crippen LogP contribution in [0.3, 0.4) is 0 Å². The van der Waals surface area contributed by atoms with Crippen LogP contribution in [0.1, 0.15) is 19.0 Å². The van der Waals surface area contributed by atoms with Crippen molar-refractivity contribution in [2.24, 2.45) is 0 Å². The van der Waals surface area contributed by atoms with Crippen LogP contribution in [0.2, 0.25) is 0 Å².